The van der Waals surface area contributed by atoms with Gasteiger partial charge < -0.3 is 5.32 Å². The molecule has 1 amide bonds. The number of benzene rings is 1. The maximum atomic E-state index is 12.4. The minimum atomic E-state index is -0.117. The van der Waals surface area contributed by atoms with Crippen LogP contribution in [0.5, 0.6) is 0 Å². The van der Waals surface area contributed by atoms with Crippen LogP contribution in [-0.4, -0.2) is 30.9 Å². The molecule has 0 unspecified atom stereocenters. The molecule has 0 bridgehead atoms. The third kappa shape index (κ3) is 4.17. The van der Waals surface area contributed by atoms with Crippen molar-refractivity contribution >= 4 is 11.7 Å². The Morgan fingerprint density at radius 1 is 1.27 bits per heavy atom. The summed E-state index contributed by atoms with van der Waals surface area (Å²) in [5, 5.41) is 14.3. The summed E-state index contributed by atoms with van der Waals surface area (Å²) < 4.78 is 1.79. The Balaban J connectivity index is 1.84. The van der Waals surface area contributed by atoms with Gasteiger partial charge in [-0.15, -0.1) is 0 Å². The van der Waals surface area contributed by atoms with Gasteiger partial charge in [-0.25, -0.2) is 9.67 Å². The Morgan fingerprint density at radius 3 is 2.73 bits per heavy atom. The van der Waals surface area contributed by atoms with E-state index in [1.807, 2.05) is 37.3 Å². The summed E-state index contributed by atoms with van der Waals surface area (Å²) in [6, 6.07) is 9.99. The summed E-state index contributed by atoms with van der Waals surface area (Å²) in [7, 11) is 0. The molecule has 2 heterocycles. The zero-order valence-electron chi connectivity index (χ0n) is 15.6. The first-order valence-corrected chi connectivity index (χ1v) is 8.64. The molecule has 0 atom stereocenters. The zero-order chi connectivity index (χ0) is 18.7. The van der Waals surface area contributed by atoms with E-state index in [1.54, 1.807) is 4.68 Å². The molecule has 0 aliphatic heterocycles. The number of aromatic amines is 1. The molecule has 0 aliphatic carbocycles. The SMILES string of the molecule is Cc1cccc(-n2nc(C(C)(C)C)cc2NC(=O)CCc2ncn[nH]2)c1. The van der Waals surface area contributed by atoms with Crippen LogP contribution in [-0.2, 0) is 16.6 Å². The van der Waals surface area contributed by atoms with Crippen LogP contribution in [0.25, 0.3) is 5.69 Å². The van der Waals surface area contributed by atoms with Gasteiger partial charge >= 0.3 is 0 Å². The minimum Gasteiger partial charge on any atom is -0.311 e. The van der Waals surface area contributed by atoms with Crippen LogP contribution in [0.1, 0.15) is 44.3 Å². The number of carbonyl (C=O) groups excluding carboxylic acids is 1. The highest BCUT2D eigenvalue weighted by Gasteiger charge is 2.21. The highest BCUT2D eigenvalue weighted by atomic mass is 16.1. The van der Waals surface area contributed by atoms with Crippen molar-refractivity contribution in [2.75, 3.05) is 5.32 Å². The van der Waals surface area contributed by atoms with Crippen LogP contribution < -0.4 is 5.32 Å². The first kappa shape index (κ1) is 17.8. The number of aromatic nitrogens is 5. The Labute approximate surface area is 152 Å². The summed E-state index contributed by atoms with van der Waals surface area (Å²) in [6.45, 7) is 8.34. The highest BCUT2D eigenvalue weighted by molar-refractivity contribution is 5.90. The number of carbonyl (C=O) groups is 1. The number of nitrogens with one attached hydrogen (secondary N) is 2. The summed E-state index contributed by atoms with van der Waals surface area (Å²) >= 11 is 0. The fraction of sp³-hybridized carbons (Fsp3) is 0.368. The molecule has 0 fully saturated rings. The molecule has 2 aromatic heterocycles. The summed E-state index contributed by atoms with van der Waals surface area (Å²) in [6.07, 6.45) is 2.27. The number of aryl methyl sites for hydroxylation is 2. The molecule has 7 heteroatoms. The summed E-state index contributed by atoms with van der Waals surface area (Å²) in [4.78, 5) is 16.4. The molecule has 0 saturated carbocycles. The van der Waals surface area contributed by atoms with Gasteiger partial charge in [-0.3, -0.25) is 9.89 Å². The monoisotopic (exact) mass is 352 g/mol. The van der Waals surface area contributed by atoms with Gasteiger partial charge in [0.05, 0.1) is 11.4 Å². The van der Waals surface area contributed by atoms with Gasteiger partial charge in [-0.05, 0) is 24.6 Å². The van der Waals surface area contributed by atoms with Gasteiger partial charge in [0, 0.05) is 24.3 Å². The first-order chi connectivity index (χ1) is 12.3. The molecule has 136 valence electrons. The average Bonchev–Trinajstić information content (AvgIpc) is 3.22. The normalized spacial score (nSPS) is 11.5. The molecule has 3 aromatic rings. The Kier molecular flexibility index (Phi) is 4.88. The van der Waals surface area contributed by atoms with Gasteiger partial charge in [-0.2, -0.15) is 10.2 Å². The van der Waals surface area contributed by atoms with Gasteiger partial charge in [0.1, 0.15) is 18.0 Å². The van der Waals surface area contributed by atoms with Crippen molar-refractivity contribution in [2.24, 2.45) is 0 Å². The summed E-state index contributed by atoms with van der Waals surface area (Å²) in [5.74, 6) is 1.28. The predicted octanol–water partition coefficient (Wildman–Crippen LogP) is 3.17. The predicted molar refractivity (Wildman–Crippen MR) is 100 cm³/mol. The van der Waals surface area contributed by atoms with Crippen molar-refractivity contribution in [3.8, 4) is 5.69 Å². The van der Waals surface area contributed by atoms with E-state index in [0.29, 0.717) is 24.5 Å². The highest BCUT2D eigenvalue weighted by Crippen LogP contribution is 2.26. The summed E-state index contributed by atoms with van der Waals surface area (Å²) in [5.41, 5.74) is 2.86. The van der Waals surface area contributed by atoms with E-state index in [0.717, 1.165) is 16.9 Å². The quantitative estimate of drug-likeness (QED) is 0.738. The topological polar surface area (TPSA) is 88.5 Å². The standard InChI is InChI=1S/C19H24N6O/c1-13-6-5-7-14(10-13)25-17(11-15(24-25)19(2,3)4)22-18(26)9-8-16-20-12-21-23-16/h5-7,10-12H,8-9H2,1-4H3,(H,22,26)(H,20,21,23). The Hall–Kier alpha value is -2.96. The van der Waals surface area contributed by atoms with E-state index in [4.69, 9.17) is 5.10 Å². The van der Waals surface area contributed by atoms with Crippen molar-refractivity contribution < 1.29 is 4.79 Å². The van der Waals surface area contributed by atoms with Crippen LogP contribution in [0.15, 0.2) is 36.7 Å². The van der Waals surface area contributed by atoms with Gasteiger partial charge in [-0.1, -0.05) is 32.9 Å². The first-order valence-electron chi connectivity index (χ1n) is 8.64. The van der Waals surface area contributed by atoms with Gasteiger partial charge in [0.25, 0.3) is 0 Å². The number of H-pyrrole nitrogens is 1. The second kappa shape index (κ2) is 7.11. The van der Waals surface area contributed by atoms with E-state index < -0.39 is 0 Å². The Morgan fingerprint density at radius 2 is 2.08 bits per heavy atom. The smallest absolute Gasteiger partial charge is 0.225 e. The van der Waals surface area contributed by atoms with Gasteiger partial charge in [0.2, 0.25) is 5.91 Å². The van der Waals surface area contributed by atoms with Crippen LogP contribution >= 0.6 is 0 Å². The molecule has 3 rings (SSSR count). The molecular formula is C19H24N6O. The third-order valence-corrected chi connectivity index (χ3v) is 4.05. The van der Waals surface area contributed by atoms with E-state index in [1.165, 1.54) is 6.33 Å². The fourth-order valence-corrected chi connectivity index (χ4v) is 2.58. The number of hydrogen-bond acceptors (Lipinski definition) is 4. The number of rotatable bonds is 5. The molecule has 26 heavy (non-hydrogen) atoms. The van der Waals surface area contributed by atoms with Crippen LogP contribution in [0.3, 0.4) is 0 Å². The lowest BCUT2D eigenvalue weighted by Gasteiger charge is -2.14. The van der Waals surface area contributed by atoms with Crippen molar-refractivity contribution in [3.05, 3.63) is 53.7 Å². The molecule has 0 aliphatic rings. The second-order valence-corrected chi connectivity index (χ2v) is 7.40. The Bertz CT molecular complexity index is 889. The van der Waals surface area contributed by atoms with E-state index in [-0.39, 0.29) is 11.3 Å². The van der Waals surface area contributed by atoms with Crippen molar-refractivity contribution in [1.29, 1.82) is 0 Å². The third-order valence-electron chi connectivity index (χ3n) is 4.05. The van der Waals surface area contributed by atoms with Crippen LogP contribution in [0.4, 0.5) is 5.82 Å². The van der Waals surface area contributed by atoms with Crippen LogP contribution in [0.2, 0.25) is 0 Å². The average molecular weight is 352 g/mol. The minimum absolute atomic E-state index is 0.0873. The van der Waals surface area contributed by atoms with Crippen LogP contribution in [0, 0.1) is 6.92 Å². The molecule has 0 saturated heterocycles. The number of anilines is 1. The largest absolute Gasteiger partial charge is 0.311 e. The van der Waals surface area contributed by atoms with Crippen molar-refractivity contribution in [1.82, 2.24) is 25.0 Å². The lowest BCUT2D eigenvalue weighted by Crippen LogP contribution is -2.16. The lowest BCUT2D eigenvalue weighted by molar-refractivity contribution is -0.116. The molecule has 0 spiro atoms. The maximum Gasteiger partial charge on any atom is 0.225 e. The lowest BCUT2D eigenvalue weighted by atomic mass is 9.92. The fourth-order valence-electron chi connectivity index (χ4n) is 2.58. The van der Waals surface area contributed by atoms with E-state index >= 15 is 0 Å². The number of amides is 1. The number of hydrogen-bond donors (Lipinski definition) is 2. The van der Waals surface area contributed by atoms with Crippen molar-refractivity contribution in [2.45, 2.75) is 46.0 Å². The van der Waals surface area contributed by atoms with Crippen molar-refractivity contribution in [3.63, 3.8) is 0 Å². The van der Waals surface area contributed by atoms with Gasteiger partial charge in [0.15, 0.2) is 0 Å². The molecule has 2 N–H and O–H groups in total. The molecule has 0 radical (unpaired) electrons. The molecular weight excluding hydrogens is 328 g/mol. The maximum absolute atomic E-state index is 12.4. The zero-order valence-corrected chi connectivity index (χ0v) is 15.6. The van der Waals surface area contributed by atoms with E-state index in [9.17, 15) is 4.79 Å². The molecule has 1 aromatic carbocycles. The van der Waals surface area contributed by atoms with E-state index in [2.05, 4.69) is 41.3 Å². The second-order valence-electron chi connectivity index (χ2n) is 7.40. The number of nitrogens with zero attached hydrogens (tertiary/aromatic N) is 4. The molecule has 7 nitrogen and oxygen atoms in total.